The van der Waals surface area contributed by atoms with Gasteiger partial charge < -0.3 is 15.2 Å². The van der Waals surface area contributed by atoms with Gasteiger partial charge in [0.15, 0.2) is 0 Å². The molecule has 1 saturated heterocycles. The summed E-state index contributed by atoms with van der Waals surface area (Å²) in [5, 5.41) is 13.7. The molecule has 28 heavy (non-hydrogen) atoms. The molecule has 0 aromatic heterocycles. The Morgan fingerprint density at radius 3 is 2.21 bits per heavy atom. The molecule has 0 unspecified atom stereocenters. The number of rotatable bonds is 4. The van der Waals surface area contributed by atoms with Gasteiger partial charge in [-0.2, -0.15) is 0 Å². The van der Waals surface area contributed by atoms with Gasteiger partial charge in [0.05, 0.1) is 15.0 Å². The first-order valence-corrected chi connectivity index (χ1v) is 10.7. The zero-order chi connectivity index (χ0) is 20.5. The Balaban J connectivity index is 2.05. The van der Waals surface area contributed by atoms with Crippen molar-refractivity contribution in [2.24, 2.45) is 0 Å². The highest BCUT2D eigenvalue weighted by Gasteiger charge is 2.32. The number of hydrogen-bond acceptors (Lipinski definition) is 4. The minimum absolute atomic E-state index is 0.0651. The number of phenols is 1. The Morgan fingerprint density at radius 2 is 1.64 bits per heavy atom. The van der Waals surface area contributed by atoms with Gasteiger partial charge in [-0.3, -0.25) is 4.90 Å². The average molecular weight is 589 g/mol. The maximum atomic E-state index is 12.5. The van der Waals surface area contributed by atoms with Crippen molar-refractivity contribution in [1.82, 2.24) is 10.2 Å². The van der Waals surface area contributed by atoms with E-state index in [0.29, 0.717) is 8.95 Å². The molecule has 2 N–H and O–H groups in total. The third-order valence-electron chi connectivity index (χ3n) is 4.40. The quantitative estimate of drug-likeness (QED) is 0.490. The van der Waals surface area contributed by atoms with Crippen molar-refractivity contribution >= 4 is 47.8 Å². The van der Waals surface area contributed by atoms with Gasteiger partial charge >= 0.3 is 6.36 Å². The summed E-state index contributed by atoms with van der Waals surface area (Å²) in [7, 11) is 0. The Hall–Kier alpha value is -0.810. The SMILES string of the molecule is Oc1c(Br)cc(Br)c([C@H](c2ccc(OC(F)(F)F)cc2)N2CCNCC2)c1Br. The molecular formula is C18H16Br3F3N2O2. The summed E-state index contributed by atoms with van der Waals surface area (Å²) in [6.45, 7) is 3.09. The molecule has 0 saturated carbocycles. The molecule has 4 nitrogen and oxygen atoms in total. The standard InChI is InChI=1S/C18H16Br3F3N2O2/c19-12-9-13(20)17(27)15(21)14(12)16(26-7-5-25-6-8-26)10-1-3-11(4-2-10)28-18(22,23)24/h1-4,9,16,25,27H,5-8H2/t16-/m0/s1. The van der Waals surface area contributed by atoms with E-state index in [1.54, 1.807) is 18.2 Å². The summed E-state index contributed by atoms with van der Waals surface area (Å²) in [4.78, 5) is 2.22. The summed E-state index contributed by atoms with van der Waals surface area (Å²) in [6, 6.07) is 7.32. The first kappa shape index (κ1) is 21.9. The summed E-state index contributed by atoms with van der Waals surface area (Å²) in [5.74, 6) is -0.206. The van der Waals surface area contributed by atoms with Crippen LogP contribution in [0.1, 0.15) is 17.2 Å². The van der Waals surface area contributed by atoms with Crippen LogP contribution in [0.5, 0.6) is 11.5 Å². The number of hydrogen-bond donors (Lipinski definition) is 2. The van der Waals surface area contributed by atoms with Crippen LogP contribution in [0.4, 0.5) is 13.2 Å². The molecule has 0 spiro atoms. The molecule has 3 rings (SSSR count). The number of benzene rings is 2. The second-order valence-corrected chi connectivity index (χ2v) is 8.72. The van der Waals surface area contributed by atoms with E-state index in [1.165, 1.54) is 12.1 Å². The Kier molecular flexibility index (Phi) is 6.96. The van der Waals surface area contributed by atoms with Gasteiger partial charge in [0.1, 0.15) is 11.5 Å². The molecule has 10 heteroatoms. The van der Waals surface area contributed by atoms with Gasteiger partial charge in [-0.05, 0) is 55.6 Å². The smallest absolute Gasteiger partial charge is 0.506 e. The van der Waals surface area contributed by atoms with Crippen LogP contribution in [0.3, 0.4) is 0 Å². The fourth-order valence-electron chi connectivity index (χ4n) is 3.20. The molecule has 0 bridgehead atoms. The zero-order valence-electron chi connectivity index (χ0n) is 14.4. The van der Waals surface area contributed by atoms with Gasteiger partial charge in [-0.15, -0.1) is 13.2 Å². The molecule has 2 aromatic rings. The largest absolute Gasteiger partial charge is 0.573 e. The number of nitrogens with one attached hydrogen (secondary N) is 1. The van der Waals surface area contributed by atoms with E-state index in [2.05, 4.69) is 62.7 Å². The van der Waals surface area contributed by atoms with E-state index in [9.17, 15) is 18.3 Å². The molecular weight excluding hydrogens is 573 g/mol. The third kappa shape index (κ3) is 5.02. The van der Waals surface area contributed by atoms with Crippen LogP contribution in [-0.4, -0.2) is 42.5 Å². The molecule has 0 amide bonds. The zero-order valence-corrected chi connectivity index (χ0v) is 19.1. The number of nitrogens with zero attached hydrogens (tertiary/aromatic N) is 1. The Morgan fingerprint density at radius 1 is 1.04 bits per heavy atom. The lowest BCUT2D eigenvalue weighted by molar-refractivity contribution is -0.274. The monoisotopic (exact) mass is 586 g/mol. The average Bonchev–Trinajstić information content (AvgIpc) is 2.64. The number of aromatic hydroxyl groups is 1. The van der Waals surface area contributed by atoms with Gasteiger partial charge in [-0.25, -0.2) is 0 Å². The van der Waals surface area contributed by atoms with Crippen LogP contribution in [0, 0.1) is 0 Å². The van der Waals surface area contributed by atoms with Crippen LogP contribution in [-0.2, 0) is 0 Å². The molecule has 1 aliphatic heterocycles. The second-order valence-electron chi connectivity index (χ2n) is 6.22. The van der Waals surface area contributed by atoms with E-state index >= 15 is 0 Å². The van der Waals surface area contributed by atoms with Gasteiger partial charge in [-0.1, -0.05) is 28.1 Å². The molecule has 1 aliphatic rings. The van der Waals surface area contributed by atoms with Crippen molar-refractivity contribution in [2.75, 3.05) is 26.2 Å². The van der Waals surface area contributed by atoms with Gasteiger partial charge in [0.25, 0.3) is 0 Å². The lowest BCUT2D eigenvalue weighted by Crippen LogP contribution is -2.45. The summed E-state index contributed by atoms with van der Waals surface area (Å²) in [5.41, 5.74) is 1.59. The van der Waals surface area contributed by atoms with E-state index in [1.807, 2.05) is 0 Å². The highest BCUT2D eigenvalue weighted by atomic mass is 79.9. The fraction of sp³-hybridized carbons (Fsp3) is 0.333. The molecule has 1 fully saturated rings. The molecule has 1 atom stereocenters. The van der Waals surface area contributed by atoms with E-state index in [0.717, 1.165) is 41.8 Å². The first-order valence-electron chi connectivity index (χ1n) is 8.34. The number of alkyl halides is 3. The van der Waals surface area contributed by atoms with Gasteiger partial charge in [0, 0.05) is 36.2 Å². The normalized spacial score (nSPS) is 16.8. The predicted molar refractivity (Wildman–Crippen MR) is 111 cm³/mol. The third-order valence-corrected chi connectivity index (χ3v) is 6.46. The minimum Gasteiger partial charge on any atom is -0.506 e. The molecule has 0 aliphatic carbocycles. The van der Waals surface area contributed by atoms with E-state index < -0.39 is 6.36 Å². The number of halogens is 6. The molecule has 0 radical (unpaired) electrons. The Labute approximate surface area is 185 Å². The van der Waals surface area contributed by atoms with Crippen LogP contribution >= 0.6 is 47.8 Å². The van der Waals surface area contributed by atoms with Crippen molar-refractivity contribution < 1.29 is 23.0 Å². The minimum atomic E-state index is -4.73. The highest BCUT2D eigenvalue weighted by Crippen LogP contribution is 2.45. The Bertz CT molecular complexity index is 841. The summed E-state index contributed by atoms with van der Waals surface area (Å²) in [6.07, 6.45) is -4.73. The van der Waals surface area contributed by atoms with Crippen LogP contribution in [0.15, 0.2) is 43.7 Å². The second kappa shape index (κ2) is 8.91. The molecule has 152 valence electrons. The lowest BCUT2D eigenvalue weighted by atomic mass is 9.96. The van der Waals surface area contributed by atoms with Crippen LogP contribution < -0.4 is 10.1 Å². The molecule has 2 aromatic carbocycles. The summed E-state index contributed by atoms with van der Waals surface area (Å²) >= 11 is 10.4. The van der Waals surface area contributed by atoms with Crippen LogP contribution in [0.2, 0.25) is 0 Å². The van der Waals surface area contributed by atoms with E-state index in [-0.39, 0.29) is 17.5 Å². The summed E-state index contributed by atoms with van der Waals surface area (Å²) < 4.78 is 43.2. The fourth-order valence-corrected chi connectivity index (χ4v) is 5.75. The topological polar surface area (TPSA) is 44.7 Å². The highest BCUT2D eigenvalue weighted by molar-refractivity contribution is 9.11. The van der Waals surface area contributed by atoms with Crippen molar-refractivity contribution in [3.05, 3.63) is 54.9 Å². The number of piperazine rings is 1. The van der Waals surface area contributed by atoms with Crippen LogP contribution in [0.25, 0.3) is 0 Å². The van der Waals surface area contributed by atoms with Crippen molar-refractivity contribution in [2.45, 2.75) is 12.4 Å². The lowest BCUT2D eigenvalue weighted by Gasteiger charge is -2.36. The molecule has 1 heterocycles. The van der Waals surface area contributed by atoms with E-state index in [4.69, 9.17) is 0 Å². The van der Waals surface area contributed by atoms with Crippen molar-refractivity contribution in [1.29, 1.82) is 0 Å². The predicted octanol–water partition coefficient (Wildman–Crippen LogP) is 5.57. The first-order chi connectivity index (χ1) is 13.2. The van der Waals surface area contributed by atoms with Gasteiger partial charge in [0.2, 0.25) is 0 Å². The number of ether oxygens (including phenoxy) is 1. The van der Waals surface area contributed by atoms with Crippen molar-refractivity contribution in [3.63, 3.8) is 0 Å². The maximum Gasteiger partial charge on any atom is 0.573 e. The maximum absolute atomic E-state index is 12.5. The van der Waals surface area contributed by atoms with Crippen molar-refractivity contribution in [3.8, 4) is 11.5 Å². The number of phenolic OH excluding ortho intramolecular Hbond substituents is 1.